The number of hydrogen-bond acceptors (Lipinski definition) is 2. The molecule has 6 atom stereocenters. The molecule has 2 rings (SSSR count). The van der Waals surface area contributed by atoms with Crippen molar-refractivity contribution < 1.29 is 9.53 Å². The van der Waals surface area contributed by atoms with Crippen LogP contribution in [0.3, 0.4) is 0 Å². The lowest BCUT2D eigenvalue weighted by atomic mass is 9.87. The summed E-state index contributed by atoms with van der Waals surface area (Å²) in [5, 5.41) is 3.41. The van der Waals surface area contributed by atoms with E-state index in [1.165, 1.54) is 12.8 Å². The maximum absolute atomic E-state index is 12.3. The molecule has 6 unspecified atom stereocenters. The minimum atomic E-state index is -0.00890. The summed E-state index contributed by atoms with van der Waals surface area (Å²) in [6.45, 7) is 6.92. The first kappa shape index (κ1) is 15.1. The maximum Gasteiger partial charge on any atom is 0.226 e. The summed E-state index contributed by atoms with van der Waals surface area (Å²) < 4.78 is 5.73. The molecule has 1 aliphatic heterocycles. The number of carbonyl (C=O) groups is 1. The molecule has 0 spiro atoms. The normalized spacial score (nSPS) is 43.2. The molecule has 0 aromatic heterocycles. The van der Waals surface area contributed by atoms with E-state index in [2.05, 4.69) is 12.2 Å². The van der Waals surface area contributed by atoms with Gasteiger partial charge in [0.1, 0.15) is 0 Å². The second-order valence-corrected chi connectivity index (χ2v) is 6.92. The molecule has 1 aliphatic carbocycles. The molecule has 0 aromatic rings. The summed E-state index contributed by atoms with van der Waals surface area (Å²) in [7, 11) is 0. The molecule has 3 nitrogen and oxygen atoms in total. The average Bonchev–Trinajstić information content (AvgIpc) is 2.61. The van der Waals surface area contributed by atoms with Gasteiger partial charge in [-0.3, -0.25) is 4.79 Å². The van der Waals surface area contributed by atoms with Gasteiger partial charge in [0.05, 0.1) is 18.1 Å². The van der Waals surface area contributed by atoms with Gasteiger partial charge in [0.25, 0.3) is 0 Å². The lowest BCUT2D eigenvalue weighted by molar-refractivity contribution is -0.127. The van der Waals surface area contributed by atoms with Crippen molar-refractivity contribution in [2.24, 2.45) is 17.8 Å². The van der Waals surface area contributed by atoms with Crippen LogP contribution in [0.1, 0.15) is 46.5 Å². The zero-order chi connectivity index (χ0) is 14.0. The molecule has 4 heteroatoms. The van der Waals surface area contributed by atoms with Crippen LogP contribution in [-0.2, 0) is 9.53 Å². The molecular formula is C15H26ClNO2. The molecule has 1 heterocycles. The summed E-state index contributed by atoms with van der Waals surface area (Å²) in [6, 6.07) is 0. The van der Waals surface area contributed by atoms with Crippen LogP contribution in [0.4, 0.5) is 0 Å². The molecule has 1 saturated heterocycles. The fourth-order valence-electron chi connectivity index (χ4n) is 3.49. The molecular weight excluding hydrogens is 262 g/mol. The van der Waals surface area contributed by atoms with Gasteiger partial charge >= 0.3 is 0 Å². The van der Waals surface area contributed by atoms with Crippen molar-refractivity contribution in [1.29, 1.82) is 0 Å². The molecule has 1 N–H and O–H groups in total. The lowest BCUT2D eigenvalue weighted by Crippen LogP contribution is -2.40. The summed E-state index contributed by atoms with van der Waals surface area (Å²) in [4.78, 5) is 12.3. The van der Waals surface area contributed by atoms with Crippen LogP contribution in [0.15, 0.2) is 0 Å². The first-order valence-corrected chi connectivity index (χ1v) is 8.00. The molecule has 19 heavy (non-hydrogen) atoms. The van der Waals surface area contributed by atoms with Gasteiger partial charge in [-0.25, -0.2) is 0 Å². The Morgan fingerprint density at radius 2 is 2.00 bits per heavy atom. The monoisotopic (exact) mass is 287 g/mol. The number of amides is 1. The third kappa shape index (κ3) is 3.63. The summed E-state index contributed by atoms with van der Waals surface area (Å²) in [5.74, 6) is 0.985. The van der Waals surface area contributed by atoms with Gasteiger partial charge < -0.3 is 10.1 Å². The quantitative estimate of drug-likeness (QED) is 0.811. The average molecular weight is 288 g/mol. The summed E-state index contributed by atoms with van der Waals surface area (Å²) >= 11 is 6.19. The highest BCUT2D eigenvalue weighted by molar-refractivity contribution is 6.20. The van der Waals surface area contributed by atoms with Crippen molar-refractivity contribution in [2.45, 2.75) is 64.0 Å². The Balaban J connectivity index is 1.81. The predicted molar refractivity (Wildman–Crippen MR) is 77.3 cm³/mol. The Kier molecular flexibility index (Phi) is 5.13. The predicted octanol–water partition coefficient (Wildman–Crippen LogP) is 2.96. The second-order valence-electron chi connectivity index (χ2n) is 6.31. The Morgan fingerprint density at radius 3 is 2.58 bits per heavy atom. The van der Waals surface area contributed by atoms with E-state index in [-0.39, 0.29) is 24.0 Å². The van der Waals surface area contributed by atoms with Gasteiger partial charge in [0.2, 0.25) is 5.91 Å². The van der Waals surface area contributed by atoms with Crippen LogP contribution in [0.2, 0.25) is 0 Å². The van der Waals surface area contributed by atoms with E-state index < -0.39 is 0 Å². The highest BCUT2D eigenvalue weighted by Gasteiger charge is 2.41. The summed E-state index contributed by atoms with van der Waals surface area (Å²) in [5.41, 5.74) is 0. The van der Waals surface area contributed by atoms with Crippen molar-refractivity contribution in [3.63, 3.8) is 0 Å². The number of ether oxygens (including phenoxy) is 1. The van der Waals surface area contributed by atoms with Crippen molar-refractivity contribution in [1.82, 2.24) is 5.32 Å². The smallest absolute Gasteiger partial charge is 0.226 e. The van der Waals surface area contributed by atoms with E-state index >= 15 is 0 Å². The maximum atomic E-state index is 12.3. The third-order valence-corrected chi connectivity index (χ3v) is 5.22. The second kappa shape index (κ2) is 6.45. The molecule has 110 valence electrons. The molecule has 0 aromatic carbocycles. The molecule has 1 saturated carbocycles. The zero-order valence-corrected chi connectivity index (χ0v) is 13.0. The van der Waals surface area contributed by atoms with Gasteiger partial charge in [-0.15, -0.1) is 11.6 Å². The van der Waals surface area contributed by atoms with Crippen LogP contribution in [-0.4, -0.2) is 30.0 Å². The van der Waals surface area contributed by atoms with Crippen LogP contribution in [0, 0.1) is 17.8 Å². The van der Waals surface area contributed by atoms with E-state index in [0.717, 1.165) is 19.4 Å². The third-order valence-electron chi connectivity index (χ3n) is 4.83. The number of hydrogen-bond donors (Lipinski definition) is 1. The minimum absolute atomic E-state index is 0.00890. The number of rotatable bonds is 3. The Morgan fingerprint density at radius 1 is 1.26 bits per heavy atom. The fourth-order valence-corrected chi connectivity index (χ4v) is 3.90. The van der Waals surface area contributed by atoms with Crippen LogP contribution < -0.4 is 5.32 Å². The van der Waals surface area contributed by atoms with Crippen molar-refractivity contribution in [3.05, 3.63) is 0 Å². The number of nitrogens with one attached hydrogen (secondary N) is 1. The SMILES string of the molecule is CC1OC(C)C(C(=O)NCC2CCCC(Cl)C2)C1C. The van der Waals surface area contributed by atoms with Gasteiger partial charge in [-0.05, 0) is 44.9 Å². The fraction of sp³-hybridized carbons (Fsp3) is 0.933. The van der Waals surface area contributed by atoms with Crippen LogP contribution in [0.5, 0.6) is 0 Å². The van der Waals surface area contributed by atoms with Crippen LogP contribution >= 0.6 is 11.6 Å². The van der Waals surface area contributed by atoms with Crippen molar-refractivity contribution >= 4 is 17.5 Å². The van der Waals surface area contributed by atoms with Crippen LogP contribution in [0.25, 0.3) is 0 Å². The molecule has 2 fully saturated rings. The largest absolute Gasteiger partial charge is 0.374 e. The lowest BCUT2D eigenvalue weighted by Gasteiger charge is -2.26. The number of alkyl halides is 1. The Bertz CT molecular complexity index is 323. The standard InChI is InChI=1S/C15H26ClNO2/c1-9-10(2)19-11(3)14(9)15(18)17-8-12-5-4-6-13(16)7-12/h9-14H,4-8H2,1-3H3,(H,17,18). The topological polar surface area (TPSA) is 38.3 Å². The number of carbonyl (C=O) groups excluding carboxylic acids is 1. The first-order valence-electron chi connectivity index (χ1n) is 7.56. The van der Waals surface area contributed by atoms with Gasteiger partial charge in [0.15, 0.2) is 0 Å². The van der Waals surface area contributed by atoms with Crippen molar-refractivity contribution in [2.75, 3.05) is 6.54 Å². The summed E-state index contributed by atoms with van der Waals surface area (Å²) in [6.07, 6.45) is 4.72. The van der Waals surface area contributed by atoms with Crippen molar-refractivity contribution in [3.8, 4) is 0 Å². The molecule has 2 aliphatic rings. The van der Waals surface area contributed by atoms with E-state index in [4.69, 9.17) is 16.3 Å². The molecule has 1 amide bonds. The minimum Gasteiger partial charge on any atom is -0.374 e. The van der Waals surface area contributed by atoms with E-state index in [1.54, 1.807) is 0 Å². The first-order chi connectivity index (χ1) is 8.99. The Hall–Kier alpha value is -0.280. The van der Waals surface area contributed by atoms with E-state index in [9.17, 15) is 4.79 Å². The molecule has 0 bridgehead atoms. The number of halogens is 1. The Labute approximate surface area is 121 Å². The highest BCUT2D eigenvalue weighted by atomic mass is 35.5. The van der Waals surface area contributed by atoms with Gasteiger partial charge in [-0.2, -0.15) is 0 Å². The molecule has 0 radical (unpaired) electrons. The highest BCUT2D eigenvalue weighted by Crippen LogP contribution is 2.32. The van der Waals surface area contributed by atoms with Gasteiger partial charge in [0, 0.05) is 11.9 Å². The van der Waals surface area contributed by atoms with E-state index in [0.29, 0.717) is 17.2 Å². The zero-order valence-electron chi connectivity index (χ0n) is 12.2. The van der Waals surface area contributed by atoms with E-state index in [1.807, 2.05) is 13.8 Å². The van der Waals surface area contributed by atoms with Gasteiger partial charge in [-0.1, -0.05) is 13.3 Å².